The maximum atomic E-state index is 11.1. The van der Waals surface area contributed by atoms with Crippen molar-refractivity contribution in [3.05, 3.63) is 35.4 Å². The van der Waals surface area contributed by atoms with E-state index in [1.165, 1.54) is 0 Å². The van der Waals surface area contributed by atoms with Crippen LogP contribution >= 0.6 is 0 Å². The topological polar surface area (TPSA) is 73.6 Å². The number of benzene rings is 1. The Kier molecular flexibility index (Phi) is 7.01. The molecule has 0 radical (unpaired) electrons. The van der Waals surface area contributed by atoms with E-state index < -0.39 is 0 Å². The highest BCUT2D eigenvalue weighted by Gasteiger charge is 2.01. The number of rotatable bonds is 8. The molecule has 1 aromatic rings. The number of nitrogens with one attached hydrogen (secondary N) is 1. The van der Waals surface area contributed by atoms with Crippen molar-refractivity contribution in [2.45, 2.75) is 20.0 Å². The van der Waals surface area contributed by atoms with Gasteiger partial charge < -0.3 is 9.47 Å². The van der Waals surface area contributed by atoms with E-state index in [-0.39, 0.29) is 5.91 Å². The zero-order chi connectivity index (χ0) is 13.2. The molecule has 1 rings (SSSR count). The van der Waals surface area contributed by atoms with Gasteiger partial charge >= 0.3 is 0 Å². The number of carbonyl (C=O) groups excluding carboxylic acids is 1. The minimum atomic E-state index is -0.198. The molecule has 0 aliphatic rings. The fourth-order valence-corrected chi connectivity index (χ4v) is 1.44. The Labute approximate surface area is 107 Å². The van der Waals surface area contributed by atoms with Crippen LogP contribution in [0.3, 0.4) is 0 Å². The fraction of sp³-hybridized carbons (Fsp3) is 0.462. The molecular weight excluding hydrogens is 232 g/mol. The molecule has 0 unspecified atom stereocenters. The molecule has 5 nitrogen and oxygen atoms in total. The van der Waals surface area contributed by atoms with E-state index >= 15 is 0 Å². The first-order valence-electron chi connectivity index (χ1n) is 5.99. The SMILES string of the molecule is CCOCCOCc1ccc(CC(=O)NN)cc1. The van der Waals surface area contributed by atoms with Gasteiger partial charge in [-0.05, 0) is 18.1 Å². The number of hydrogen-bond acceptors (Lipinski definition) is 4. The van der Waals surface area contributed by atoms with Gasteiger partial charge in [0.05, 0.1) is 26.2 Å². The minimum absolute atomic E-state index is 0.198. The monoisotopic (exact) mass is 252 g/mol. The summed E-state index contributed by atoms with van der Waals surface area (Å²) in [7, 11) is 0. The summed E-state index contributed by atoms with van der Waals surface area (Å²) in [5.74, 6) is 4.83. The number of ether oxygens (including phenoxy) is 2. The Morgan fingerprint density at radius 1 is 1.17 bits per heavy atom. The molecule has 0 saturated heterocycles. The van der Waals surface area contributed by atoms with E-state index in [2.05, 4.69) is 5.43 Å². The molecule has 100 valence electrons. The lowest BCUT2D eigenvalue weighted by Crippen LogP contribution is -2.31. The maximum absolute atomic E-state index is 11.1. The van der Waals surface area contributed by atoms with Crippen molar-refractivity contribution in [1.29, 1.82) is 0 Å². The maximum Gasteiger partial charge on any atom is 0.238 e. The highest BCUT2D eigenvalue weighted by Crippen LogP contribution is 2.06. The molecule has 0 aliphatic heterocycles. The lowest BCUT2D eigenvalue weighted by molar-refractivity contribution is -0.120. The van der Waals surface area contributed by atoms with Crippen LogP contribution in [-0.2, 0) is 27.3 Å². The molecule has 0 aromatic heterocycles. The Morgan fingerprint density at radius 2 is 1.78 bits per heavy atom. The Bertz CT molecular complexity index is 352. The molecule has 0 atom stereocenters. The van der Waals surface area contributed by atoms with Crippen LogP contribution in [0.15, 0.2) is 24.3 Å². The predicted molar refractivity (Wildman–Crippen MR) is 68.6 cm³/mol. The van der Waals surface area contributed by atoms with E-state index in [1.807, 2.05) is 31.2 Å². The fourth-order valence-electron chi connectivity index (χ4n) is 1.44. The van der Waals surface area contributed by atoms with Crippen LogP contribution in [0.25, 0.3) is 0 Å². The first-order valence-corrected chi connectivity index (χ1v) is 5.99. The molecule has 3 N–H and O–H groups in total. The number of hydrazine groups is 1. The highest BCUT2D eigenvalue weighted by atomic mass is 16.5. The Morgan fingerprint density at radius 3 is 2.39 bits per heavy atom. The van der Waals surface area contributed by atoms with Crippen molar-refractivity contribution >= 4 is 5.91 Å². The number of hydrogen-bond donors (Lipinski definition) is 2. The summed E-state index contributed by atoms with van der Waals surface area (Å²) in [4.78, 5) is 11.1. The zero-order valence-corrected chi connectivity index (χ0v) is 10.6. The Balaban J connectivity index is 2.29. The summed E-state index contributed by atoms with van der Waals surface area (Å²) in [5, 5.41) is 0. The molecule has 0 heterocycles. The number of carbonyl (C=O) groups is 1. The molecule has 1 aromatic carbocycles. The van der Waals surface area contributed by atoms with Crippen molar-refractivity contribution in [1.82, 2.24) is 5.43 Å². The van der Waals surface area contributed by atoms with Gasteiger partial charge in [0.25, 0.3) is 0 Å². The minimum Gasteiger partial charge on any atom is -0.379 e. The zero-order valence-electron chi connectivity index (χ0n) is 10.6. The standard InChI is InChI=1S/C13H20N2O3/c1-2-17-7-8-18-10-12-5-3-11(4-6-12)9-13(16)15-14/h3-6H,2,7-10,14H2,1H3,(H,15,16). The first-order chi connectivity index (χ1) is 8.76. The van der Waals surface area contributed by atoms with Crippen molar-refractivity contribution in [3.63, 3.8) is 0 Å². The smallest absolute Gasteiger partial charge is 0.238 e. The molecular formula is C13H20N2O3. The van der Waals surface area contributed by atoms with Crippen LogP contribution in [0.2, 0.25) is 0 Å². The molecule has 0 saturated carbocycles. The van der Waals surface area contributed by atoms with Crippen LogP contribution in [0.4, 0.5) is 0 Å². The number of amides is 1. The summed E-state index contributed by atoms with van der Waals surface area (Å²) in [6.45, 7) is 4.42. The van der Waals surface area contributed by atoms with Crippen LogP contribution in [-0.4, -0.2) is 25.7 Å². The van der Waals surface area contributed by atoms with Gasteiger partial charge in [0.2, 0.25) is 5.91 Å². The predicted octanol–water partition coefficient (Wildman–Crippen LogP) is 0.772. The molecule has 1 amide bonds. The highest BCUT2D eigenvalue weighted by molar-refractivity contribution is 5.77. The third-order valence-electron chi connectivity index (χ3n) is 2.39. The molecule has 0 spiro atoms. The second kappa shape index (κ2) is 8.63. The molecule has 0 aliphatic carbocycles. The summed E-state index contributed by atoms with van der Waals surface area (Å²) in [6.07, 6.45) is 0.294. The van der Waals surface area contributed by atoms with Gasteiger partial charge in [0.15, 0.2) is 0 Å². The van der Waals surface area contributed by atoms with E-state index in [9.17, 15) is 4.79 Å². The lowest BCUT2D eigenvalue weighted by atomic mass is 10.1. The van der Waals surface area contributed by atoms with Gasteiger partial charge in [-0.1, -0.05) is 24.3 Å². The third-order valence-corrected chi connectivity index (χ3v) is 2.39. The molecule has 18 heavy (non-hydrogen) atoms. The van der Waals surface area contributed by atoms with Gasteiger partial charge in [-0.3, -0.25) is 10.2 Å². The van der Waals surface area contributed by atoms with Gasteiger partial charge in [-0.25, -0.2) is 5.84 Å². The third kappa shape index (κ3) is 5.77. The van der Waals surface area contributed by atoms with Crippen LogP contribution < -0.4 is 11.3 Å². The lowest BCUT2D eigenvalue weighted by Gasteiger charge is -2.06. The van der Waals surface area contributed by atoms with Crippen molar-refractivity contribution < 1.29 is 14.3 Å². The van der Waals surface area contributed by atoms with Crippen LogP contribution in [0, 0.1) is 0 Å². The van der Waals surface area contributed by atoms with Crippen LogP contribution in [0.5, 0.6) is 0 Å². The Hall–Kier alpha value is -1.43. The van der Waals surface area contributed by atoms with E-state index in [0.717, 1.165) is 11.1 Å². The molecule has 0 fully saturated rings. The quantitative estimate of drug-likeness (QED) is 0.310. The largest absolute Gasteiger partial charge is 0.379 e. The van der Waals surface area contributed by atoms with Gasteiger partial charge in [-0.2, -0.15) is 0 Å². The second-order valence-electron chi connectivity index (χ2n) is 3.81. The van der Waals surface area contributed by atoms with Crippen LogP contribution in [0.1, 0.15) is 18.1 Å². The van der Waals surface area contributed by atoms with Gasteiger partial charge in [-0.15, -0.1) is 0 Å². The normalized spacial score (nSPS) is 10.3. The molecule has 5 heteroatoms. The van der Waals surface area contributed by atoms with Crippen molar-refractivity contribution in [2.75, 3.05) is 19.8 Å². The van der Waals surface area contributed by atoms with Crippen molar-refractivity contribution in [3.8, 4) is 0 Å². The first kappa shape index (κ1) is 14.6. The summed E-state index contributed by atoms with van der Waals surface area (Å²) in [6, 6.07) is 7.69. The molecule has 0 bridgehead atoms. The average molecular weight is 252 g/mol. The van der Waals surface area contributed by atoms with E-state index in [4.69, 9.17) is 15.3 Å². The van der Waals surface area contributed by atoms with Gasteiger partial charge in [0, 0.05) is 6.61 Å². The van der Waals surface area contributed by atoms with Crippen molar-refractivity contribution in [2.24, 2.45) is 5.84 Å². The summed E-state index contributed by atoms with van der Waals surface area (Å²) in [5.41, 5.74) is 4.10. The number of nitrogens with two attached hydrogens (primary N) is 1. The summed E-state index contributed by atoms with van der Waals surface area (Å²) < 4.78 is 10.6. The van der Waals surface area contributed by atoms with E-state index in [0.29, 0.717) is 32.8 Å². The van der Waals surface area contributed by atoms with E-state index in [1.54, 1.807) is 0 Å². The van der Waals surface area contributed by atoms with Gasteiger partial charge in [0.1, 0.15) is 0 Å². The summed E-state index contributed by atoms with van der Waals surface area (Å²) >= 11 is 0. The average Bonchev–Trinajstić information content (AvgIpc) is 2.40. The second-order valence-corrected chi connectivity index (χ2v) is 3.81.